The van der Waals surface area contributed by atoms with Crippen molar-refractivity contribution in [3.63, 3.8) is 0 Å². The molecule has 0 saturated carbocycles. The molecule has 1 saturated heterocycles. The largest absolute Gasteiger partial charge is 0.507 e. The number of ether oxygens (including phenoxy) is 1. The van der Waals surface area contributed by atoms with Crippen LogP contribution in [0.25, 0.3) is 0 Å². The lowest BCUT2D eigenvalue weighted by Gasteiger charge is -2.18. The molecule has 0 aromatic heterocycles. The van der Waals surface area contributed by atoms with Gasteiger partial charge in [-0.25, -0.2) is 4.79 Å². The smallest absolute Gasteiger partial charge is 0.339 e. The zero-order valence-electron chi connectivity index (χ0n) is 11.8. The van der Waals surface area contributed by atoms with E-state index in [1.165, 1.54) is 18.2 Å². The van der Waals surface area contributed by atoms with Crippen LogP contribution in [0, 0.1) is 5.92 Å². The van der Waals surface area contributed by atoms with Gasteiger partial charge in [0, 0.05) is 18.7 Å². The Bertz CT molecular complexity index is 537. The van der Waals surface area contributed by atoms with Gasteiger partial charge in [0.15, 0.2) is 0 Å². The van der Waals surface area contributed by atoms with E-state index in [4.69, 9.17) is 9.84 Å². The number of benzene rings is 1. The molecule has 6 nitrogen and oxygen atoms in total. The highest BCUT2D eigenvalue weighted by atomic mass is 16.5. The molecule has 2 unspecified atom stereocenters. The van der Waals surface area contributed by atoms with Crippen LogP contribution >= 0.6 is 0 Å². The number of carboxylic acid groups (broad SMARTS) is 1. The summed E-state index contributed by atoms with van der Waals surface area (Å²) in [5.74, 6) is -1.65. The summed E-state index contributed by atoms with van der Waals surface area (Å²) in [5.41, 5.74) is 0.120. The van der Waals surface area contributed by atoms with E-state index in [-0.39, 0.29) is 29.2 Å². The molecular formula is C15H19NO5. The van der Waals surface area contributed by atoms with Crippen molar-refractivity contribution in [3.05, 3.63) is 23.8 Å². The molecule has 0 aliphatic carbocycles. The van der Waals surface area contributed by atoms with Gasteiger partial charge in [-0.3, -0.25) is 4.79 Å². The van der Waals surface area contributed by atoms with Gasteiger partial charge in [0.05, 0.1) is 6.10 Å². The number of carbonyl (C=O) groups excluding carboxylic acids is 1. The number of carboxylic acids is 1. The third-order valence-electron chi connectivity index (χ3n) is 3.62. The van der Waals surface area contributed by atoms with Gasteiger partial charge in [-0.2, -0.15) is 0 Å². The Kier molecular flexibility index (Phi) is 4.80. The minimum atomic E-state index is -1.24. The van der Waals surface area contributed by atoms with E-state index in [0.29, 0.717) is 12.1 Å². The molecule has 114 valence electrons. The first-order chi connectivity index (χ1) is 9.97. The molecule has 0 radical (unpaired) electrons. The van der Waals surface area contributed by atoms with Gasteiger partial charge < -0.3 is 20.3 Å². The van der Waals surface area contributed by atoms with Crippen LogP contribution in [0.5, 0.6) is 5.75 Å². The molecule has 1 aliphatic rings. The van der Waals surface area contributed by atoms with Crippen LogP contribution in [0.2, 0.25) is 0 Å². The van der Waals surface area contributed by atoms with Crippen molar-refractivity contribution in [2.24, 2.45) is 5.92 Å². The van der Waals surface area contributed by atoms with Gasteiger partial charge in [-0.15, -0.1) is 0 Å². The van der Waals surface area contributed by atoms with Crippen molar-refractivity contribution < 1.29 is 24.5 Å². The van der Waals surface area contributed by atoms with Crippen LogP contribution in [-0.2, 0) is 9.53 Å². The van der Waals surface area contributed by atoms with Crippen molar-refractivity contribution in [1.82, 2.24) is 0 Å². The van der Waals surface area contributed by atoms with Crippen molar-refractivity contribution in [2.45, 2.75) is 32.3 Å². The highest BCUT2D eigenvalue weighted by Gasteiger charge is 2.24. The lowest BCUT2D eigenvalue weighted by atomic mass is 9.98. The predicted octanol–water partition coefficient (Wildman–Crippen LogP) is 2.23. The number of hydrogen-bond donors (Lipinski definition) is 3. The maximum Gasteiger partial charge on any atom is 0.339 e. The second-order valence-corrected chi connectivity index (χ2v) is 5.32. The maximum atomic E-state index is 12.0. The summed E-state index contributed by atoms with van der Waals surface area (Å²) >= 11 is 0. The van der Waals surface area contributed by atoms with Gasteiger partial charge in [-0.05, 0) is 37.0 Å². The van der Waals surface area contributed by atoms with Crippen LogP contribution in [-0.4, -0.2) is 34.8 Å². The first-order valence-corrected chi connectivity index (χ1v) is 6.95. The van der Waals surface area contributed by atoms with Gasteiger partial charge in [0.1, 0.15) is 11.3 Å². The van der Waals surface area contributed by atoms with Crippen molar-refractivity contribution in [2.75, 3.05) is 11.9 Å². The zero-order valence-corrected chi connectivity index (χ0v) is 11.8. The van der Waals surface area contributed by atoms with E-state index in [0.717, 1.165) is 19.4 Å². The first kappa shape index (κ1) is 15.3. The van der Waals surface area contributed by atoms with Crippen LogP contribution < -0.4 is 5.32 Å². The number of aromatic carboxylic acids is 1. The monoisotopic (exact) mass is 293 g/mol. The fourth-order valence-corrected chi connectivity index (χ4v) is 2.47. The number of hydrogen-bond acceptors (Lipinski definition) is 4. The molecule has 1 aromatic carbocycles. The van der Waals surface area contributed by atoms with Gasteiger partial charge in [0.25, 0.3) is 0 Å². The van der Waals surface area contributed by atoms with Gasteiger partial charge >= 0.3 is 5.97 Å². The fourth-order valence-electron chi connectivity index (χ4n) is 2.47. The molecule has 1 fully saturated rings. The van der Waals surface area contributed by atoms with E-state index in [9.17, 15) is 14.7 Å². The molecule has 0 spiro atoms. The molecule has 2 rings (SSSR count). The SMILES string of the molecule is CC(CC(=O)Nc1ccc(O)c(C(=O)O)c1)C1CCCO1. The third-order valence-corrected chi connectivity index (χ3v) is 3.62. The topological polar surface area (TPSA) is 95.9 Å². The van der Waals surface area contributed by atoms with E-state index in [1.807, 2.05) is 6.92 Å². The van der Waals surface area contributed by atoms with Crippen molar-refractivity contribution in [3.8, 4) is 5.75 Å². The van der Waals surface area contributed by atoms with Gasteiger partial charge in [0.2, 0.25) is 5.91 Å². The van der Waals surface area contributed by atoms with E-state index < -0.39 is 5.97 Å². The molecule has 1 amide bonds. The molecule has 2 atom stereocenters. The van der Waals surface area contributed by atoms with Crippen molar-refractivity contribution >= 4 is 17.6 Å². The zero-order chi connectivity index (χ0) is 15.4. The van der Waals surface area contributed by atoms with Crippen LogP contribution in [0.1, 0.15) is 36.5 Å². The van der Waals surface area contributed by atoms with Crippen LogP contribution in [0.15, 0.2) is 18.2 Å². The summed E-state index contributed by atoms with van der Waals surface area (Å²) in [7, 11) is 0. The second kappa shape index (κ2) is 6.58. The Morgan fingerprint density at radius 2 is 2.24 bits per heavy atom. The Morgan fingerprint density at radius 1 is 1.48 bits per heavy atom. The molecule has 3 N–H and O–H groups in total. The molecule has 1 aliphatic heterocycles. The van der Waals surface area contributed by atoms with E-state index in [1.54, 1.807) is 0 Å². The summed E-state index contributed by atoms with van der Waals surface area (Å²) in [5, 5.41) is 21.0. The minimum absolute atomic E-state index is 0.114. The Labute approximate surface area is 122 Å². The summed E-state index contributed by atoms with van der Waals surface area (Å²) in [4.78, 5) is 22.9. The normalized spacial score (nSPS) is 19.2. The molecular weight excluding hydrogens is 274 g/mol. The number of aromatic hydroxyl groups is 1. The van der Waals surface area contributed by atoms with E-state index >= 15 is 0 Å². The molecule has 6 heteroatoms. The number of amides is 1. The Hall–Kier alpha value is -2.08. The third kappa shape index (κ3) is 3.95. The number of anilines is 1. The summed E-state index contributed by atoms with van der Waals surface area (Å²) in [6.45, 7) is 2.71. The quantitative estimate of drug-likeness (QED) is 0.723. The lowest BCUT2D eigenvalue weighted by molar-refractivity contribution is -0.117. The van der Waals surface area contributed by atoms with E-state index in [2.05, 4.69) is 5.32 Å². The van der Waals surface area contributed by atoms with Crippen molar-refractivity contribution in [1.29, 1.82) is 0 Å². The average Bonchev–Trinajstić information content (AvgIpc) is 2.94. The van der Waals surface area contributed by atoms with Gasteiger partial charge in [-0.1, -0.05) is 6.92 Å². The standard InChI is InChI=1S/C15H19NO5/c1-9(13-3-2-6-21-13)7-14(18)16-10-4-5-12(17)11(8-10)15(19)20/h4-5,8-9,13,17H,2-3,6-7H2,1H3,(H,16,18)(H,19,20). The molecule has 1 heterocycles. The highest BCUT2D eigenvalue weighted by Crippen LogP contribution is 2.24. The second-order valence-electron chi connectivity index (χ2n) is 5.32. The number of phenols is 1. The lowest BCUT2D eigenvalue weighted by Crippen LogP contribution is -2.23. The average molecular weight is 293 g/mol. The molecule has 21 heavy (non-hydrogen) atoms. The maximum absolute atomic E-state index is 12.0. The summed E-state index contributed by atoms with van der Waals surface area (Å²) < 4.78 is 5.54. The summed E-state index contributed by atoms with van der Waals surface area (Å²) in [6.07, 6.45) is 2.42. The molecule has 0 bridgehead atoms. The Morgan fingerprint density at radius 3 is 2.86 bits per heavy atom. The fraction of sp³-hybridized carbons (Fsp3) is 0.467. The number of nitrogens with one attached hydrogen (secondary N) is 1. The van der Waals surface area contributed by atoms with Crippen LogP contribution in [0.4, 0.5) is 5.69 Å². The predicted molar refractivity (Wildman–Crippen MR) is 76.5 cm³/mol. The molecule has 1 aromatic rings. The minimum Gasteiger partial charge on any atom is -0.507 e. The summed E-state index contributed by atoms with van der Waals surface area (Å²) in [6, 6.07) is 3.96. The van der Waals surface area contributed by atoms with Crippen LogP contribution in [0.3, 0.4) is 0 Å². The first-order valence-electron chi connectivity index (χ1n) is 6.95. The Balaban J connectivity index is 1.96. The number of rotatable bonds is 5. The highest BCUT2D eigenvalue weighted by molar-refractivity contribution is 5.95. The number of carbonyl (C=O) groups is 2.